The second kappa shape index (κ2) is 10.3. The van der Waals surface area contributed by atoms with E-state index >= 15 is 0 Å². The van der Waals surface area contributed by atoms with Gasteiger partial charge in [-0.1, -0.05) is 18.2 Å². The zero-order valence-corrected chi connectivity index (χ0v) is 19.7. The average Bonchev–Trinajstić information content (AvgIpc) is 3.36. The molecule has 1 aromatic heterocycles. The summed E-state index contributed by atoms with van der Waals surface area (Å²) >= 11 is 6.35. The normalized spacial score (nSPS) is 17.6. The summed E-state index contributed by atoms with van der Waals surface area (Å²) in [5, 5.41) is 0.651. The van der Waals surface area contributed by atoms with Gasteiger partial charge in [-0.15, -0.1) is 0 Å². The molecule has 0 bridgehead atoms. The molecule has 0 aliphatic carbocycles. The van der Waals surface area contributed by atoms with E-state index < -0.39 is 0 Å². The van der Waals surface area contributed by atoms with Crippen molar-refractivity contribution in [2.24, 2.45) is 10.7 Å². The Hall–Kier alpha value is -3.06. The molecule has 0 unspecified atom stereocenters. The van der Waals surface area contributed by atoms with Crippen LogP contribution in [0.15, 0.2) is 60.0 Å². The van der Waals surface area contributed by atoms with Gasteiger partial charge in [-0.05, 0) is 61.2 Å². The van der Waals surface area contributed by atoms with Crippen LogP contribution in [0.25, 0.3) is 5.70 Å². The Kier molecular flexibility index (Phi) is 7.18. The van der Waals surface area contributed by atoms with Crippen molar-refractivity contribution in [1.29, 1.82) is 0 Å². The maximum Gasteiger partial charge on any atom is 0.147 e. The third-order valence-electron chi connectivity index (χ3n) is 6.13. The van der Waals surface area contributed by atoms with Crippen molar-refractivity contribution in [2.75, 3.05) is 44.2 Å². The molecule has 2 aliphatic heterocycles. The molecule has 2 N–H and O–H groups in total. The Morgan fingerprint density at radius 3 is 2.52 bits per heavy atom. The number of piperazine rings is 1. The molecule has 2 aliphatic rings. The molecule has 1 aromatic carbocycles. The lowest BCUT2D eigenvalue weighted by molar-refractivity contribution is 0.380. The first-order valence-corrected chi connectivity index (χ1v) is 11.7. The van der Waals surface area contributed by atoms with E-state index in [0.717, 1.165) is 75.1 Å². The number of aryl methyl sites for hydroxylation is 1. The summed E-state index contributed by atoms with van der Waals surface area (Å²) in [4.78, 5) is 15.9. The Balaban J connectivity index is 1.57. The Morgan fingerprint density at radius 2 is 1.85 bits per heavy atom. The summed E-state index contributed by atoms with van der Waals surface area (Å²) in [6.45, 7) is 10.9. The molecule has 0 amide bonds. The fraction of sp³-hybridized carbons (Fsp3) is 0.360. The van der Waals surface area contributed by atoms with E-state index in [9.17, 15) is 4.39 Å². The minimum Gasteiger partial charge on any atom is -0.398 e. The number of pyridine rings is 1. The van der Waals surface area contributed by atoms with Gasteiger partial charge in [-0.3, -0.25) is 0 Å². The third-order valence-corrected chi connectivity index (χ3v) is 6.43. The number of nitrogens with two attached hydrogens (primary N) is 1. The number of nitrogens with zero attached hydrogens (tertiary/aromatic N) is 5. The molecular weight excluding hydrogens is 439 g/mol. The number of likely N-dealkylation sites (tertiary alicyclic amines) is 1. The van der Waals surface area contributed by atoms with E-state index in [0.29, 0.717) is 16.3 Å². The van der Waals surface area contributed by atoms with Crippen LogP contribution in [0.4, 0.5) is 10.2 Å². The second-order valence-electron chi connectivity index (χ2n) is 8.43. The average molecular weight is 469 g/mol. The summed E-state index contributed by atoms with van der Waals surface area (Å²) in [5.74, 6) is 2.07. The van der Waals surface area contributed by atoms with Gasteiger partial charge in [0.2, 0.25) is 0 Å². The number of aromatic nitrogens is 1. The monoisotopic (exact) mass is 468 g/mol. The van der Waals surface area contributed by atoms with Crippen molar-refractivity contribution >= 4 is 29.0 Å². The number of hydrogen-bond acceptors (Lipinski definition) is 5. The Morgan fingerprint density at radius 1 is 1.12 bits per heavy atom. The van der Waals surface area contributed by atoms with Crippen LogP contribution < -0.4 is 10.6 Å². The summed E-state index contributed by atoms with van der Waals surface area (Å²) < 4.78 is 13.7. The van der Waals surface area contributed by atoms with Crippen LogP contribution in [-0.2, 0) is 0 Å². The number of rotatable bonds is 5. The maximum atomic E-state index is 13.7. The zero-order valence-electron chi connectivity index (χ0n) is 19.0. The molecule has 2 fully saturated rings. The van der Waals surface area contributed by atoms with Crippen molar-refractivity contribution < 1.29 is 4.39 Å². The van der Waals surface area contributed by atoms with Crippen LogP contribution in [0.3, 0.4) is 0 Å². The van der Waals surface area contributed by atoms with Gasteiger partial charge in [0, 0.05) is 57.2 Å². The minimum absolute atomic E-state index is 0.243. The molecule has 6 nitrogen and oxygen atoms in total. The zero-order chi connectivity index (χ0) is 23.4. The smallest absolute Gasteiger partial charge is 0.147 e. The van der Waals surface area contributed by atoms with E-state index in [4.69, 9.17) is 22.3 Å². The third kappa shape index (κ3) is 5.47. The van der Waals surface area contributed by atoms with Crippen LogP contribution in [0, 0.1) is 12.7 Å². The predicted molar refractivity (Wildman–Crippen MR) is 134 cm³/mol. The molecule has 0 atom stereocenters. The van der Waals surface area contributed by atoms with Crippen molar-refractivity contribution in [3.05, 3.63) is 77.0 Å². The highest BCUT2D eigenvalue weighted by molar-refractivity contribution is 6.32. The van der Waals surface area contributed by atoms with Gasteiger partial charge >= 0.3 is 0 Å². The quantitative estimate of drug-likeness (QED) is 0.524. The molecule has 0 radical (unpaired) electrons. The number of benzene rings is 1. The van der Waals surface area contributed by atoms with Crippen LogP contribution in [0.5, 0.6) is 0 Å². The summed E-state index contributed by atoms with van der Waals surface area (Å²) in [6, 6.07) is 8.59. The van der Waals surface area contributed by atoms with Crippen molar-refractivity contribution in [3.63, 3.8) is 0 Å². The largest absolute Gasteiger partial charge is 0.398 e. The SMILES string of the molecule is C=C(N=C(/C=C(\N)c1ccc(F)c(C)c1)N1CCN(c2ncccc2Cl)CC1)N1CCCC1. The molecule has 0 spiro atoms. The fourth-order valence-electron chi connectivity index (χ4n) is 4.18. The van der Waals surface area contributed by atoms with E-state index in [1.807, 2.05) is 18.2 Å². The van der Waals surface area contributed by atoms with Crippen molar-refractivity contribution in [2.45, 2.75) is 19.8 Å². The topological polar surface area (TPSA) is 61.0 Å². The van der Waals surface area contributed by atoms with Crippen molar-refractivity contribution in [3.8, 4) is 0 Å². The molecule has 0 saturated carbocycles. The van der Waals surface area contributed by atoms with Crippen LogP contribution >= 0.6 is 11.6 Å². The van der Waals surface area contributed by atoms with E-state index in [-0.39, 0.29) is 5.82 Å². The first-order valence-electron chi connectivity index (χ1n) is 11.3. The lowest BCUT2D eigenvalue weighted by Gasteiger charge is -2.37. The van der Waals surface area contributed by atoms with Gasteiger partial charge in [0.1, 0.15) is 23.3 Å². The van der Waals surface area contributed by atoms with Gasteiger partial charge in [0.05, 0.1) is 5.02 Å². The van der Waals surface area contributed by atoms with Crippen LogP contribution in [-0.4, -0.2) is 59.9 Å². The van der Waals surface area contributed by atoms with Gasteiger partial charge in [-0.2, -0.15) is 0 Å². The first kappa shape index (κ1) is 23.1. The fourth-order valence-corrected chi connectivity index (χ4v) is 4.42. The molecule has 3 heterocycles. The number of anilines is 1. The van der Waals surface area contributed by atoms with Gasteiger partial charge < -0.3 is 20.4 Å². The number of aliphatic imine (C=N–C) groups is 1. The maximum absolute atomic E-state index is 13.7. The van der Waals surface area contributed by atoms with E-state index in [1.54, 1.807) is 25.3 Å². The number of amidine groups is 1. The summed E-state index contributed by atoms with van der Waals surface area (Å²) in [7, 11) is 0. The van der Waals surface area contributed by atoms with Crippen molar-refractivity contribution in [1.82, 2.24) is 14.8 Å². The van der Waals surface area contributed by atoms with Gasteiger partial charge in [0.15, 0.2) is 0 Å². The Bertz CT molecular complexity index is 1070. The highest BCUT2D eigenvalue weighted by Crippen LogP contribution is 2.24. The standard InChI is InChI=1S/C25H30ClFN6/c1-18-16-20(7-8-22(18)27)23(28)17-24(30-19(2)31-10-3-4-11-31)32-12-14-33(15-13-32)25-21(26)6-5-9-29-25/h5-9,16-17H,2-4,10-15,28H2,1H3/b23-17-,30-24?. The molecule has 4 rings (SSSR count). The molecule has 174 valence electrons. The molecule has 2 saturated heterocycles. The first-order chi connectivity index (χ1) is 15.9. The lowest BCUT2D eigenvalue weighted by atomic mass is 10.1. The van der Waals surface area contributed by atoms with E-state index in [1.165, 1.54) is 6.07 Å². The molecule has 2 aromatic rings. The Labute approximate surface area is 199 Å². The number of hydrogen-bond donors (Lipinski definition) is 1. The highest BCUT2D eigenvalue weighted by Gasteiger charge is 2.23. The predicted octanol–water partition coefficient (Wildman–Crippen LogP) is 4.27. The van der Waals surface area contributed by atoms with Gasteiger partial charge in [0.25, 0.3) is 0 Å². The highest BCUT2D eigenvalue weighted by atomic mass is 35.5. The van der Waals surface area contributed by atoms with Crippen LogP contribution in [0.1, 0.15) is 24.0 Å². The van der Waals surface area contributed by atoms with E-state index in [2.05, 4.69) is 26.3 Å². The molecular formula is C25H30ClFN6. The lowest BCUT2D eigenvalue weighted by Crippen LogP contribution is -2.49. The minimum atomic E-state index is -0.243. The molecule has 8 heteroatoms. The molecule has 33 heavy (non-hydrogen) atoms. The summed E-state index contributed by atoms with van der Waals surface area (Å²) in [5.41, 5.74) is 8.31. The van der Waals surface area contributed by atoms with Crippen LogP contribution in [0.2, 0.25) is 5.02 Å². The second-order valence-corrected chi connectivity index (χ2v) is 8.83. The summed E-state index contributed by atoms with van der Waals surface area (Å²) in [6.07, 6.45) is 5.94. The number of halogens is 2. The van der Waals surface area contributed by atoms with Gasteiger partial charge in [-0.25, -0.2) is 14.4 Å².